The monoisotopic (exact) mass is 303 g/mol. The summed E-state index contributed by atoms with van der Waals surface area (Å²) < 4.78 is 0. The number of primary amides is 1. The van der Waals surface area contributed by atoms with Gasteiger partial charge in [0, 0.05) is 5.56 Å². The molecule has 2 rings (SSSR count). The molecule has 4 amide bonds. The summed E-state index contributed by atoms with van der Waals surface area (Å²) in [5.74, 6) is -0.430. The van der Waals surface area contributed by atoms with Gasteiger partial charge in [0.15, 0.2) is 0 Å². The van der Waals surface area contributed by atoms with E-state index in [0.29, 0.717) is 17.9 Å². The number of benzene rings is 1. The van der Waals surface area contributed by atoms with Gasteiger partial charge in [-0.1, -0.05) is 26.0 Å². The summed E-state index contributed by atoms with van der Waals surface area (Å²) in [4.78, 5) is 36.9. The number of amides is 4. The first-order valence-electron chi connectivity index (χ1n) is 7.26. The minimum absolute atomic E-state index is 0.178. The van der Waals surface area contributed by atoms with E-state index in [-0.39, 0.29) is 18.5 Å². The molecule has 0 aliphatic carbocycles. The Morgan fingerprint density at radius 1 is 1.27 bits per heavy atom. The van der Waals surface area contributed by atoms with E-state index in [0.717, 1.165) is 5.56 Å². The number of rotatable bonds is 5. The fourth-order valence-electron chi connectivity index (χ4n) is 2.80. The molecular formula is C16H21N3O3. The molecule has 6 nitrogen and oxygen atoms in total. The van der Waals surface area contributed by atoms with Gasteiger partial charge in [-0.3, -0.25) is 14.5 Å². The zero-order chi connectivity index (χ0) is 16.5. The van der Waals surface area contributed by atoms with Crippen LogP contribution in [0.15, 0.2) is 24.3 Å². The quantitative estimate of drug-likeness (QED) is 0.810. The smallest absolute Gasteiger partial charge is 0.325 e. The molecule has 0 radical (unpaired) electrons. The number of urea groups is 1. The maximum absolute atomic E-state index is 12.5. The molecule has 118 valence electrons. The Labute approximate surface area is 129 Å². The molecule has 1 aromatic rings. The van der Waals surface area contributed by atoms with Crippen LogP contribution in [0.5, 0.6) is 0 Å². The van der Waals surface area contributed by atoms with Crippen LogP contribution in [-0.2, 0) is 11.3 Å². The van der Waals surface area contributed by atoms with E-state index in [1.165, 1.54) is 4.90 Å². The number of hydrogen-bond acceptors (Lipinski definition) is 3. The normalized spacial score (nSPS) is 21.4. The first-order chi connectivity index (χ1) is 10.2. The number of imide groups is 1. The average Bonchev–Trinajstić information content (AvgIpc) is 2.62. The van der Waals surface area contributed by atoms with Crippen molar-refractivity contribution in [3.05, 3.63) is 35.4 Å². The summed E-state index contributed by atoms with van der Waals surface area (Å²) in [5, 5.41) is 2.77. The molecule has 1 atom stereocenters. The lowest BCUT2D eigenvalue weighted by Gasteiger charge is -2.23. The summed E-state index contributed by atoms with van der Waals surface area (Å²) in [6.45, 7) is 5.95. The summed E-state index contributed by atoms with van der Waals surface area (Å²) >= 11 is 0. The first-order valence-corrected chi connectivity index (χ1v) is 7.26. The third-order valence-corrected chi connectivity index (χ3v) is 3.74. The van der Waals surface area contributed by atoms with Crippen molar-refractivity contribution < 1.29 is 14.4 Å². The van der Waals surface area contributed by atoms with E-state index in [4.69, 9.17) is 5.73 Å². The van der Waals surface area contributed by atoms with Crippen LogP contribution >= 0.6 is 0 Å². The minimum atomic E-state index is -0.849. The van der Waals surface area contributed by atoms with Crippen LogP contribution in [0.1, 0.15) is 43.1 Å². The predicted octanol–water partition coefficient (Wildman–Crippen LogP) is 1.64. The number of hydrogen-bond donors (Lipinski definition) is 2. The molecule has 1 unspecified atom stereocenters. The van der Waals surface area contributed by atoms with E-state index in [9.17, 15) is 14.4 Å². The van der Waals surface area contributed by atoms with Crippen LogP contribution in [0.2, 0.25) is 0 Å². The van der Waals surface area contributed by atoms with Crippen LogP contribution in [0, 0.1) is 5.92 Å². The largest absolute Gasteiger partial charge is 0.366 e. The molecule has 1 fully saturated rings. The number of nitrogens with zero attached hydrogens (tertiary/aromatic N) is 1. The van der Waals surface area contributed by atoms with Crippen molar-refractivity contribution >= 4 is 17.8 Å². The van der Waals surface area contributed by atoms with Gasteiger partial charge in [-0.2, -0.15) is 0 Å². The van der Waals surface area contributed by atoms with Gasteiger partial charge in [-0.15, -0.1) is 0 Å². The van der Waals surface area contributed by atoms with E-state index >= 15 is 0 Å². The fraction of sp³-hybridized carbons (Fsp3) is 0.438. The third kappa shape index (κ3) is 3.10. The summed E-state index contributed by atoms with van der Waals surface area (Å²) in [7, 11) is 0. The highest BCUT2D eigenvalue weighted by Crippen LogP contribution is 2.26. The van der Waals surface area contributed by atoms with E-state index in [1.807, 2.05) is 13.8 Å². The second kappa shape index (κ2) is 5.79. The van der Waals surface area contributed by atoms with E-state index < -0.39 is 11.4 Å². The highest BCUT2D eigenvalue weighted by molar-refractivity contribution is 6.06. The molecule has 0 spiro atoms. The first kappa shape index (κ1) is 16.0. The van der Waals surface area contributed by atoms with Gasteiger partial charge in [0.25, 0.3) is 5.91 Å². The second-order valence-corrected chi connectivity index (χ2v) is 6.31. The third-order valence-electron chi connectivity index (χ3n) is 3.74. The molecule has 3 N–H and O–H groups in total. The van der Waals surface area contributed by atoms with Crippen molar-refractivity contribution in [1.29, 1.82) is 0 Å². The van der Waals surface area contributed by atoms with Crippen LogP contribution in [0.4, 0.5) is 4.79 Å². The maximum Gasteiger partial charge on any atom is 0.325 e. The molecule has 1 aromatic carbocycles. The van der Waals surface area contributed by atoms with Gasteiger partial charge in [-0.25, -0.2) is 4.79 Å². The molecule has 0 bridgehead atoms. The maximum atomic E-state index is 12.5. The van der Waals surface area contributed by atoms with Crippen molar-refractivity contribution in [2.24, 2.45) is 11.7 Å². The van der Waals surface area contributed by atoms with Crippen molar-refractivity contribution in [2.75, 3.05) is 0 Å². The summed E-state index contributed by atoms with van der Waals surface area (Å²) in [6, 6.07) is 6.18. The van der Waals surface area contributed by atoms with Gasteiger partial charge in [-0.05, 0) is 37.0 Å². The lowest BCUT2D eigenvalue weighted by atomic mass is 9.91. The minimum Gasteiger partial charge on any atom is -0.366 e. The molecule has 0 aromatic heterocycles. The van der Waals surface area contributed by atoms with Crippen LogP contribution in [0.25, 0.3) is 0 Å². The zero-order valence-electron chi connectivity index (χ0n) is 13.1. The van der Waals surface area contributed by atoms with Gasteiger partial charge in [0.2, 0.25) is 5.91 Å². The van der Waals surface area contributed by atoms with Crippen molar-refractivity contribution in [3.63, 3.8) is 0 Å². The Balaban J connectivity index is 2.14. The highest BCUT2D eigenvalue weighted by atomic mass is 16.2. The van der Waals surface area contributed by atoms with Gasteiger partial charge in [0.1, 0.15) is 5.54 Å². The number of carbonyl (C=O) groups excluding carboxylic acids is 3. The molecule has 1 aliphatic rings. The standard InChI is InChI=1S/C16H21N3O3/c1-10(2)8-16(3)14(21)19(15(22)18-16)9-11-4-6-12(7-5-11)13(17)20/h4-7,10H,8-9H2,1-3H3,(H2,17,20)(H,18,22). The van der Waals surface area contributed by atoms with Crippen LogP contribution in [0.3, 0.4) is 0 Å². The number of nitrogens with one attached hydrogen (secondary N) is 1. The molecule has 0 saturated carbocycles. The Hall–Kier alpha value is -2.37. The van der Waals surface area contributed by atoms with E-state index in [1.54, 1.807) is 31.2 Å². The molecule has 1 heterocycles. The zero-order valence-corrected chi connectivity index (χ0v) is 13.1. The molecule has 1 aliphatic heterocycles. The van der Waals surface area contributed by atoms with Gasteiger partial charge in [0.05, 0.1) is 6.54 Å². The second-order valence-electron chi connectivity index (χ2n) is 6.31. The van der Waals surface area contributed by atoms with Crippen molar-refractivity contribution in [1.82, 2.24) is 10.2 Å². The highest BCUT2D eigenvalue weighted by Gasteiger charge is 2.47. The average molecular weight is 303 g/mol. The number of carbonyl (C=O) groups is 3. The lowest BCUT2D eigenvalue weighted by molar-refractivity contribution is -0.131. The van der Waals surface area contributed by atoms with Crippen LogP contribution in [-0.4, -0.2) is 28.3 Å². The SMILES string of the molecule is CC(C)CC1(C)NC(=O)N(Cc2ccc(C(N)=O)cc2)C1=O. The Bertz CT molecular complexity index is 610. The summed E-state index contributed by atoms with van der Waals surface area (Å²) in [5.41, 5.74) is 5.50. The van der Waals surface area contributed by atoms with Gasteiger partial charge < -0.3 is 11.1 Å². The molecular weight excluding hydrogens is 282 g/mol. The summed E-state index contributed by atoms with van der Waals surface area (Å²) in [6.07, 6.45) is 0.592. The van der Waals surface area contributed by atoms with E-state index in [2.05, 4.69) is 5.32 Å². The fourth-order valence-corrected chi connectivity index (χ4v) is 2.80. The molecule has 22 heavy (non-hydrogen) atoms. The molecule has 1 saturated heterocycles. The molecule has 6 heteroatoms. The van der Waals surface area contributed by atoms with Crippen molar-refractivity contribution in [3.8, 4) is 0 Å². The predicted molar refractivity (Wildman–Crippen MR) is 81.9 cm³/mol. The van der Waals surface area contributed by atoms with Gasteiger partial charge >= 0.3 is 6.03 Å². The Morgan fingerprint density at radius 3 is 2.36 bits per heavy atom. The van der Waals surface area contributed by atoms with Crippen LogP contribution < -0.4 is 11.1 Å². The van der Waals surface area contributed by atoms with Crippen molar-refractivity contribution in [2.45, 2.75) is 39.3 Å². The lowest BCUT2D eigenvalue weighted by Crippen LogP contribution is -2.44. The Morgan fingerprint density at radius 2 is 1.86 bits per heavy atom. The Kier molecular flexibility index (Phi) is 4.21. The number of nitrogens with two attached hydrogens (primary N) is 1. The topological polar surface area (TPSA) is 92.5 Å².